The maximum absolute atomic E-state index is 12.3. The number of nitrogens with one attached hydrogen (secondary N) is 1. The smallest absolute Gasteiger partial charge is 0.244 e. The summed E-state index contributed by atoms with van der Waals surface area (Å²) in [7, 11) is 1.56. The zero-order valence-electron chi connectivity index (χ0n) is 11.3. The molecule has 0 atom stereocenters. The Labute approximate surface area is 121 Å². The lowest BCUT2D eigenvalue weighted by atomic mass is 9.83. The number of amides is 1. The van der Waals surface area contributed by atoms with Gasteiger partial charge in [0.1, 0.15) is 11.2 Å². The van der Waals surface area contributed by atoms with Crippen LogP contribution in [0.5, 0.6) is 5.75 Å². The van der Waals surface area contributed by atoms with E-state index in [1.165, 1.54) is 0 Å². The van der Waals surface area contributed by atoms with Crippen molar-refractivity contribution in [2.75, 3.05) is 12.4 Å². The third-order valence-corrected chi connectivity index (χ3v) is 3.97. The third-order valence-electron chi connectivity index (χ3n) is 3.28. The summed E-state index contributed by atoms with van der Waals surface area (Å²) in [5.41, 5.74) is -0.381. The predicted molar refractivity (Wildman–Crippen MR) is 78.0 cm³/mol. The van der Waals surface area contributed by atoms with E-state index >= 15 is 0 Å². The summed E-state index contributed by atoms with van der Waals surface area (Å²) in [6.07, 6.45) is 0.959. The SMILES string of the molecule is CCC(C#N)(CC)C(=O)Nc1cc(OC)ccc1Br. The highest BCUT2D eigenvalue weighted by Crippen LogP contribution is 2.31. The second kappa shape index (κ2) is 6.58. The molecule has 4 nitrogen and oxygen atoms in total. The van der Waals surface area contributed by atoms with Crippen LogP contribution in [0, 0.1) is 16.7 Å². The molecule has 0 heterocycles. The summed E-state index contributed by atoms with van der Waals surface area (Å²) in [5, 5.41) is 12.0. The molecule has 0 aliphatic rings. The number of hydrogen-bond donors (Lipinski definition) is 1. The number of ether oxygens (including phenoxy) is 1. The van der Waals surface area contributed by atoms with Crippen molar-refractivity contribution in [3.63, 3.8) is 0 Å². The molecule has 0 aliphatic carbocycles. The molecule has 0 fully saturated rings. The highest BCUT2D eigenvalue weighted by atomic mass is 79.9. The van der Waals surface area contributed by atoms with E-state index < -0.39 is 5.41 Å². The van der Waals surface area contributed by atoms with Crippen LogP contribution in [0.15, 0.2) is 22.7 Å². The van der Waals surface area contributed by atoms with Crippen molar-refractivity contribution in [3.05, 3.63) is 22.7 Å². The minimum Gasteiger partial charge on any atom is -0.497 e. The first kappa shape index (κ1) is 15.5. The number of halogens is 1. The number of carbonyl (C=O) groups excluding carboxylic acids is 1. The van der Waals surface area contributed by atoms with E-state index in [0.29, 0.717) is 24.3 Å². The van der Waals surface area contributed by atoms with E-state index in [-0.39, 0.29) is 5.91 Å². The van der Waals surface area contributed by atoms with E-state index in [9.17, 15) is 10.1 Å². The molecule has 102 valence electrons. The van der Waals surface area contributed by atoms with E-state index in [2.05, 4.69) is 27.3 Å². The second-order valence-electron chi connectivity index (χ2n) is 4.20. The molecule has 19 heavy (non-hydrogen) atoms. The first-order valence-corrected chi connectivity index (χ1v) is 6.88. The van der Waals surface area contributed by atoms with Gasteiger partial charge in [-0.25, -0.2) is 0 Å². The van der Waals surface area contributed by atoms with Crippen LogP contribution in [-0.4, -0.2) is 13.0 Å². The van der Waals surface area contributed by atoms with Gasteiger partial charge in [-0.15, -0.1) is 0 Å². The van der Waals surface area contributed by atoms with Gasteiger partial charge in [-0.05, 0) is 40.9 Å². The quantitative estimate of drug-likeness (QED) is 0.897. The molecule has 0 aliphatic heterocycles. The summed E-state index contributed by atoms with van der Waals surface area (Å²) in [5.74, 6) is 0.364. The molecule has 1 aromatic rings. The maximum atomic E-state index is 12.3. The summed E-state index contributed by atoms with van der Waals surface area (Å²) in [6.45, 7) is 3.68. The number of nitriles is 1. The van der Waals surface area contributed by atoms with Gasteiger partial charge in [0.15, 0.2) is 0 Å². The molecular formula is C14H17BrN2O2. The second-order valence-corrected chi connectivity index (χ2v) is 5.06. The van der Waals surface area contributed by atoms with Gasteiger partial charge in [-0.1, -0.05) is 13.8 Å². The standard InChI is InChI=1S/C14H17BrN2O2/c1-4-14(5-2,9-16)13(18)17-12-8-10(19-3)6-7-11(12)15/h6-8H,4-5H2,1-3H3,(H,17,18). The fraction of sp³-hybridized carbons (Fsp3) is 0.429. The van der Waals surface area contributed by atoms with Crippen molar-refractivity contribution in [1.82, 2.24) is 0 Å². The molecule has 1 N–H and O–H groups in total. The largest absolute Gasteiger partial charge is 0.497 e. The number of anilines is 1. The lowest BCUT2D eigenvalue weighted by molar-refractivity contribution is -0.123. The zero-order chi connectivity index (χ0) is 14.5. The Hall–Kier alpha value is -1.54. The maximum Gasteiger partial charge on any atom is 0.244 e. The number of hydrogen-bond acceptors (Lipinski definition) is 3. The van der Waals surface area contributed by atoms with E-state index in [0.717, 1.165) is 4.47 Å². The Morgan fingerprint density at radius 2 is 2.11 bits per heavy atom. The average Bonchev–Trinajstić information content (AvgIpc) is 2.44. The first-order valence-electron chi connectivity index (χ1n) is 6.09. The Kier molecular flexibility index (Phi) is 5.37. The summed E-state index contributed by atoms with van der Waals surface area (Å²) in [4.78, 5) is 12.3. The highest BCUT2D eigenvalue weighted by Gasteiger charge is 2.35. The lowest BCUT2D eigenvalue weighted by Gasteiger charge is -2.22. The average molecular weight is 325 g/mol. The molecule has 0 unspecified atom stereocenters. The molecule has 1 amide bonds. The van der Waals surface area contributed by atoms with Crippen molar-refractivity contribution in [2.45, 2.75) is 26.7 Å². The lowest BCUT2D eigenvalue weighted by Crippen LogP contribution is -2.34. The van der Waals surface area contributed by atoms with E-state index in [4.69, 9.17) is 4.74 Å². The van der Waals surface area contributed by atoms with E-state index in [1.54, 1.807) is 25.3 Å². The number of nitrogens with zero attached hydrogens (tertiary/aromatic N) is 1. The molecule has 5 heteroatoms. The number of methoxy groups -OCH3 is 1. The highest BCUT2D eigenvalue weighted by molar-refractivity contribution is 9.10. The van der Waals surface area contributed by atoms with Crippen molar-refractivity contribution in [1.29, 1.82) is 5.26 Å². The molecule has 0 radical (unpaired) electrons. The van der Waals surface area contributed by atoms with Gasteiger partial charge in [0.05, 0.1) is 18.9 Å². The summed E-state index contributed by atoms with van der Waals surface area (Å²) < 4.78 is 5.87. The molecule has 0 aromatic heterocycles. The summed E-state index contributed by atoms with van der Waals surface area (Å²) in [6, 6.07) is 7.42. The van der Waals surface area contributed by atoms with Crippen molar-refractivity contribution in [2.24, 2.45) is 5.41 Å². The first-order chi connectivity index (χ1) is 9.02. The van der Waals surface area contributed by atoms with Crippen LogP contribution in [0.2, 0.25) is 0 Å². The Bertz CT molecular complexity index is 505. The zero-order valence-corrected chi connectivity index (χ0v) is 12.9. The monoisotopic (exact) mass is 324 g/mol. The molecule has 1 aromatic carbocycles. The normalized spacial score (nSPS) is 10.7. The van der Waals surface area contributed by atoms with Crippen molar-refractivity contribution >= 4 is 27.5 Å². The molecule has 0 spiro atoms. The van der Waals surface area contributed by atoms with Crippen molar-refractivity contribution < 1.29 is 9.53 Å². The third kappa shape index (κ3) is 3.27. The van der Waals surface area contributed by atoms with Crippen LogP contribution in [0.1, 0.15) is 26.7 Å². The van der Waals surface area contributed by atoms with Crippen molar-refractivity contribution in [3.8, 4) is 11.8 Å². The fourth-order valence-corrected chi connectivity index (χ4v) is 2.09. The van der Waals surface area contributed by atoms with Gasteiger partial charge < -0.3 is 10.1 Å². The van der Waals surface area contributed by atoms with Crippen LogP contribution >= 0.6 is 15.9 Å². The van der Waals surface area contributed by atoms with Crippen LogP contribution in [0.3, 0.4) is 0 Å². The Balaban J connectivity index is 3.03. The number of benzene rings is 1. The van der Waals surface area contributed by atoms with Crippen LogP contribution < -0.4 is 10.1 Å². The van der Waals surface area contributed by atoms with Crippen LogP contribution in [0.25, 0.3) is 0 Å². The number of carbonyl (C=O) groups is 1. The minimum atomic E-state index is -0.984. The van der Waals surface area contributed by atoms with Gasteiger partial charge in [0.2, 0.25) is 5.91 Å². The molecule has 0 saturated heterocycles. The summed E-state index contributed by atoms with van der Waals surface area (Å²) >= 11 is 3.37. The fourth-order valence-electron chi connectivity index (χ4n) is 1.75. The van der Waals surface area contributed by atoms with Crippen LogP contribution in [0.4, 0.5) is 5.69 Å². The van der Waals surface area contributed by atoms with Gasteiger partial charge in [0.25, 0.3) is 0 Å². The molecular weight excluding hydrogens is 308 g/mol. The van der Waals surface area contributed by atoms with Gasteiger partial charge in [0, 0.05) is 10.5 Å². The van der Waals surface area contributed by atoms with E-state index in [1.807, 2.05) is 13.8 Å². The van der Waals surface area contributed by atoms with Gasteiger partial charge in [-0.3, -0.25) is 4.79 Å². The van der Waals surface area contributed by atoms with Crippen LogP contribution in [-0.2, 0) is 4.79 Å². The predicted octanol–water partition coefficient (Wildman–Crippen LogP) is 3.73. The minimum absolute atomic E-state index is 0.283. The topological polar surface area (TPSA) is 62.1 Å². The molecule has 1 rings (SSSR count). The molecule has 0 bridgehead atoms. The van der Waals surface area contributed by atoms with Gasteiger partial charge in [-0.2, -0.15) is 5.26 Å². The Morgan fingerprint density at radius 1 is 1.47 bits per heavy atom. The molecule has 0 saturated carbocycles. The Morgan fingerprint density at radius 3 is 2.58 bits per heavy atom. The number of rotatable bonds is 5. The van der Waals surface area contributed by atoms with Gasteiger partial charge >= 0.3 is 0 Å².